The SMILES string of the molecule is CCc1nc(C)cn1C(=O)Nc1ccc(F)cc1. The molecule has 0 unspecified atom stereocenters. The van der Waals surface area contributed by atoms with Gasteiger partial charge in [0.25, 0.3) is 0 Å². The molecule has 1 heterocycles. The smallest absolute Gasteiger partial charge is 0.307 e. The van der Waals surface area contributed by atoms with Crippen molar-refractivity contribution in [2.75, 3.05) is 5.32 Å². The molecule has 0 bridgehead atoms. The molecule has 0 aliphatic heterocycles. The molecule has 1 aromatic heterocycles. The second kappa shape index (κ2) is 5.00. The molecule has 18 heavy (non-hydrogen) atoms. The second-order valence-corrected chi connectivity index (χ2v) is 3.96. The lowest BCUT2D eigenvalue weighted by Crippen LogP contribution is -2.20. The van der Waals surface area contributed by atoms with Crippen molar-refractivity contribution in [3.63, 3.8) is 0 Å². The Morgan fingerprint density at radius 1 is 1.39 bits per heavy atom. The molecule has 0 spiro atoms. The first-order chi connectivity index (χ1) is 8.60. The van der Waals surface area contributed by atoms with Crippen molar-refractivity contribution < 1.29 is 9.18 Å². The van der Waals surface area contributed by atoms with Crippen LogP contribution in [-0.2, 0) is 6.42 Å². The summed E-state index contributed by atoms with van der Waals surface area (Å²) in [5.41, 5.74) is 1.34. The number of nitrogens with one attached hydrogen (secondary N) is 1. The highest BCUT2D eigenvalue weighted by atomic mass is 19.1. The van der Waals surface area contributed by atoms with Crippen LogP contribution in [0.25, 0.3) is 0 Å². The molecular weight excluding hydrogens is 233 g/mol. The first kappa shape index (κ1) is 12.3. The van der Waals surface area contributed by atoms with Gasteiger partial charge in [0.1, 0.15) is 11.6 Å². The molecule has 0 aliphatic carbocycles. The molecule has 1 amide bonds. The van der Waals surface area contributed by atoms with Gasteiger partial charge in [0, 0.05) is 18.3 Å². The molecular formula is C13H14FN3O. The van der Waals surface area contributed by atoms with Gasteiger partial charge in [-0.2, -0.15) is 0 Å². The first-order valence-corrected chi connectivity index (χ1v) is 5.72. The number of aromatic nitrogens is 2. The van der Waals surface area contributed by atoms with Gasteiger partial charge < -0.3 is 5.32 Å². The number of halogens is 1. The highest BCUT2D eigenvalue weighted by molar-refractivity contribution is 5.91. The third-order valence-electron chi connectivity index (χ3n) is 2.53. The fraction of sp³-hybridized carbons (Fsp3) is 0.231. The zero-order valence-electron chi connectivity index (χ0n) is 10.3. The predicted molar refractivity (Wildman–Crippen MR) is 67.2 cm³/mol. The van der Waals surface area contributed by atoms with Crippen LogP contribution in [0.4, 0.5) is 14.9 Å². The van der Waals surface area contributed by atoms with Crippen molar-refractivity contribution in [2.24, 2.45) is 0 Å². The van der Waals surface area contributed by atoms with Crippen LogP contribution < -0.4 is 5.32 Å². The van der Waals surface area contributed by atoms with Gasteiger partial charge in [-0.15, -0.1) is 0 Å². The van der Waals surface area contributed by atoms with Crippen LogP contribution in [0.2, 0.25) is 0 Å². The minimum Gasteiger partial charge on any atom is -0.307 e. The number of hydrogen-bond acceptors (Lipinski definition) is 2. The molecule has 1 N–H and O–H groups in total. The number of carbonyl (C=O) groups is 1. The Morgan fingerprint density at radius 3 is 2.67 bits per heavy atom. The molecule has 0 atom stereocenters. The van der Waals surface area contributed by atoms with Gasteiger partial charge in [0.2, 0.25) is 0 Å². The van der Waals surface area contributed by atoms with E-state index in [1.54, 1.807) is 6.20 Å². The summed E-state index contributed by atoms with van der Waals surface area (Å²) in [5, 5.41) is 2.69. The molecule has 4 nitrogen and oxygen atoms in total. The number of rotatable bonds is 2. The maximum absolute atomic E-state index is 12.7. The maximum atomic E-state index is 12.7. The van der Waals surface area contributed by atoms with Crippen molar-refractivity contribution in [3.05, 3.63) is 47.8 Å². The van der Waals surface area contributed by atoms with Gasteiger partial charge in [-0.3, -0.25) is 4.57 Å². The molecule has 0 aliphatic rings. The summed E-state index contributed by atoms with van der Waals surface area (Å²) in [6.07, 6.45) is 2.35. The lowest BCUT2D eigenvalue weighted by Gasteiger charge is -2.07. The highest BCUT2D eigenvalue weighted by Gasteiger charge is 2.11. The zero-order valence-corrected chi connectivity index (χ0v) is 10.3. The van der Waals surface area contributed by atoms with Crippen molar-refractivity contribution >= 4 is 11.7 Å². The fourth-order valence-electron chi connectivity index (χ4n) is 1.69. The van der Waals surface area contributed by atoms with Crippen LogP contribution in [0, 0.1) is 12.7 Å². The number of imidazole rings is 1. The van der Waals surface area contributed by atoms with E-state index in [0.29, 0.717) is 17.9 Å². The van der Waals surface area contributed by atoms with Crippen LogP contribution in [0.5, 0.6) is 0 Å². The van der Waals surface area contributed by atoms with Gasteiger partial charge in [0.05, 0.1) is 5.69 Å². The summed E-state index contributed by atoms with van der Waals surface area (Å²) in [6.45, 7) is 3.77. The van der Waals surface area contributed by atoms with Crippen molar-refractivity contribution in [2.45, 2.75) is 20.3 Å². The van der Waals surface area contributed by atoms with E-state index < -0.39 is 0 Å². The number of nitrogens with zero attached hydrogens (tertiary/aromatic N) is 2. The third-order valence-corrected chi connectivity index (χ3v) is 2.53. The molecule has 2 aromatic rings. The quantitative estimate of drug-likeness (QED) is 0.886. The maximum Gasteiger partial charge on any atom is 0.331 e. The summed E-state index contributed by atoms with van der Waals surface area (Å²) in [5.74, 6) is 0.368. The van der Waals surface area contributed by atoms with Crippen LogP contribution in [0.15, 0.2) is 30.5 Å². The second-order valence-electron chi connectivity index (χ2n) is 3.96. The van der Waals surface area contributed by atoms with E-state index in [2.05, 4.69) is 10.3 Å². The molecule has 5 heteroatoms. The Balaban J connectivity index is 2.19. The van der Waals surface area contributed by atoms with E-state index in [4.69, 9.17) is 0 Å². The van der Waals surface area contributed by atoms with Gasteiger partial charge in [-0.1, -0.05) is 6.92 Å². The summed E-state index contributed by atoms with van der Waals surface area (Å²) >= 11 is 0. The number of hydrogen-bond donors (Lipinski definition) is 1. The largest absolute Gasteiger partial charge is 0.331 e. The third kappa shape index (κ3) is 2.56. The average molecular weight is 247 g/mol. The minimum absolute atomic E-state index is 0.293. The average Bonchev–Trinajstić information content (AvgIpc) is 2.73. The Kier molecular flexibility index (Phi) is 3.41. The van der Waals surface area contributed by atoms with Crippen molar-refractivity contribution in [3.8, 4) is 0 Å². The number of carbonyl (C=O) groups excluding carboxylic acids is 1. The molecule has 0 saturated carbocycles. The van der Waals surface area contributed by atoms with Gasteiger partial charge in [-0.05, 0) is 31.2 Å². The molecule has 1 aromatic carbocycles. The first-order valence-electron chi connectivity index (χ1n) is 5.72. The molecule has 0 radical (unpaired) electrons. The summed E-state index contributed by atoms with van der Waals surface area (Å²) in [6, 6.07) is 5.34. The summed E-state index contributed by atoms with van der Waals surface area (Å²) in [4.78, 5) is 16.3. The normalized spacial score (nSPS) is 10.4. The number of anilines is 1. The highest BCUT2D eigenvalue weighted by Crippen LogP contribution is 2.10. The molecule has 94 valence electrons. The molecule has 0 saturated heterocycles. The Labute approximate surface area is 104 Å². The van der Waals surface area contributed by atoms with Crippen LogP contribution in [-0.4, -0.2) is 15.6 Å². The Bertz CT molecular complexity index is 560. The zero-order chi connectivity index (χ0) is 13.1. The number of benzene rings is 1. The standard InChI is InChI=1S/C13H14FN3O/c1-3-12-15-9(2)8-17(12)13(18)16-11-6-4-10(14)5-7-11/h4-8H,3H2,1-2H3,(H,16,18). The topological polar surface area (TPSA) is 46.9 Å². The monoisotopic (exact) mass is 247 g/mol. The summed E-state index contributed by atoms with van der Waals surface area (Å²) in [7, 11) is 0. The number of aryl methyl sites for hydroxylation is 2. The van der Waals surface area contributed by atoms with E-state index in [9.17, 15) is 9.18 Å². The van der Waals surface area contributed by atoms with Crippen LogP contribution in [0.1, 0.15) is 18.4 Å². The van der Waals surface area contributed by atoms with Gasteiger partial charge in [0.15, 0.2) is 0 Å². The Hall–Kier alpha value is -2.17. The van der Waals surface area contributed by atoms with E-state index in [-0.39, 0.29) is 11.8 Å². The minimum atomic E-state index is -0.333. The lowest BCUT2D eigenvalue weighted by atomic mass is 10.3. The van der Waals surface area contributed by atoms with Crippen molar-refractivity contribution in [1.82, 2.24) is 9.55 Å². The van der Waals surface area contributed by atoms with Crippen molar-refractivity contribution in [1.29, 1.82) is 0 Å². The van der Waals surface area contributed by atoms with E-state index >= 15 is 0 Å². The Morgan fingerprint density at radius 2 is 2.06 bits per heavy atom. The fourth-order valence-corrected chi connectivity index (χ4v) is 1.69. The van der Waals surface area contributed by atoms with Gasteiger partial charge in [-0.25, -0.2) is 14.2 Å². The van der Waals surface area contributed by atoms with Gasteiger partial charge >= 0.3 is 6.03 Å². The predicted octanol–water partition coefficient (Wildman–Crippen LogP) is 2.97. The van der Waals surface area contributed by atoms with E-state index in [1.165, 1.54) is 28.8 Å². The van der Waals surface area contributed by atoms with Crippen LogP contribution in [0.3, 0.4) is 0 Å². The van der Waals surface area contributed by atoms with E-state index in [0.717, 1.165) is 5.69 Å². The number of amides is 1. The van der Waals surface area contributed by atoms with Crippen LogP contribution >= 0.6 is 0 Å². The lowest BCUT2D eigenvalue weighted by molar-refractivity contribution is 0.253. The molecule has 2 rings (SSSR count). The van der Waals surface area contributed by atoms with E-state index in [1.807, 2.05) is 13.8 Å². The molecule has 0 fully saturated rings. The summed E-state index contributed by atoms with van der Waals surface area (Å²) < 4.78 is 14.2.